The second-order valence-electron chi connectivity index (χ2n) is 3.35. The largest absolute Gasteiger partial charge is 0.512 e. The molecular formula is C11H12O. The SMILES string of the molecule is Cc1ccc2c(c1)CC=C(O)C2. The van der Waals surface area contributed by atoms with Crippen LogP contribution >= 0.6 is 0 Å². The topological polar surface area (TPSA) is 20.2 Å². The van der Waals surface area contributed by atoms with Crippen molar-refractivity contribution in [1.29, 1.82) is 0 Å². The molecule has 0 unspecified atom stereocenters. The fraction of sp³-hybridized carbons (Fsp3) is 0.273. The number of aliphatic hydroxyl groups is 1. The molecule has 1 N–H and O–H groups in total. The fourth-order valence-electron chi connectivity index (χ4n) is 1.61. The minimum atomic E-state index is 0.506. The second-order valence-corrected chi connectivity index (χ2v) is 3.35. The Balaban J connectivity index is 2.43. The van der Waals surface area contributed by atoms with E-state index in [9.17, 15) is 5.11 Å². The van der Waals surface area contributed by atoms with Gasteiger partial charge in [0.2, 0.25) is 0 Å². The molecule has 1 aromatic carbocycles. The number of rotatable bonds is 0. The van der Waals surface area contributed by atoms with Crippen LogP contribution in [0.4, 0.5) is 0 Å². The van der Waals surface area contributed by atoms with Crippen molar-refractivity contribution in [3.63, 3.8) is 0 Å². The van der Waals surface area contributed by atoms with Crippen molar-refractivity contribution in [3.8, 4) is 0 Å². The Hall–Kier alpha value is -1.24. The standard InChI is InChI=1S/C11H12O/c1-8-2-3-10-7-11(12)5-4-9(10)6-8/h2-3,5-6,12H,4,7H2,1H3. The van der Waals surface area contributed by atoms with Crippen LogP contribution in [0.2, 0.25) is 0 Å². The molecule has 1 aromatic rings. The molecule has 0 radical (unpaired) electrons. The van der Waals surface area contributed by atoms with Gasteiger partial charge in [0.15, 0.2) is 0 Å². The molecule has 0 saturated carbocycles. The molecule has 0 heterocycles. The molecule has 62 valence electrons. The number of hydrogen-bond acceptors (Lipinski definition) is 1. The van der Waals surface area contributed by atoms with Crippen LogP contribution in [0.15, 0.2) is 30.0 Å². The van der Waals surface area contributed by atoms with E-state index in [1.54, 1.807) is 0 Å². The number of fused-ring (bicyclic) bond motifs is 1. The number of allylic oxidation sites excluding steroid dienone is 2. The van der Waals surface area contributed by atoms with Crippen LogP contribution in [-0.2, 0) is 12.8 Å². The average molecular weight is 160 g/mol. The summed E-state index contributed by atoms with van der Waals surface area (Å²) < 4.78 is 0. The lowest BCUT2D eigenvalue weighted by Gasteiger charge is -2.13. The predicted molar refractivity (Wildman–Crippen MR) is 49.3 cm³/mol. The highest BCUT2D eigenvalue weighted by Crippen LogP contribution is 2.20. The summed E-state index contributed by atoms with van der Waals surface area (Å²) in [7, 11) is 0. The predicted octanol–water partition coefficient (Wildman–Crippen LogP) is 2.54. The maximum Gasteiger partial charge on any atom is 0.0930 e. The van der Waals surface area contributed by atoms with E-state index in [0.29, 0.717) is 12.2 Å². The van der Waals surface area contributed by atoms with Gasteiger partial charge < -0.3 is 5.11 Å². The van der Waals surface area contributed by atoms with Gasteiger partial charge in [0.1, 0.15) is 0 Å². The van der Waals surface area contributed by atoms with Crippen LogP contribution in [0.25, 0.3) is 0 Å². The van der Waals surface area contributed by atoms with Gasteiger partial charge in [-0.2, -0.15) is 0 Å². The van der Waals surface area contributed by atoms with Gasteiger partial charge in [0.05, 0.1) is 5.76 Å². The molecule has 0 amide bonds. The molecule has 2 rings (SSSR count). The molecule has 12 heavy (non-hydrogen) atoms. The van der Waals surface area contributed by atoms with Crippen molar-refractivity contribution in [2.24, 2.45) is 0 Å². The Morgan fingerprint density at radius 3 is 2.92 bits per heavy atom. The lowest BCUT2D eigenvalue weighted by molar-refractivity contribution is 0.393. The Morgan fingerprint density at radius 1 is 1.25 bits per heavy atom. The molecule has 1 nitrogen and oxygen atoms in total. The Morgan fingerprint density at radius 2 is 2.08 bits per heavy atom. The first-order valence-corrected chi connectivity index (χ1v) is 4.22. The van der Waals surface area contributed by atoms with Crippen molar-refractivity contribution >= 4 is 0 Å². The van der Waals surface area contributed by atoms with Gasteiger partial charge in [-0.3, -0.25) is 0 Å². The Kier molecular flexibility index (Phi) is 1.65. The Labute approximate surface area is 72.4 Å². The lowest BCUT2D eigenvalue weighted by atomic mass is 9.94. The smallest absolute Gasteiger partial charge is 0.0930 e. The van der Waals surface area contributed by atoms with Crippen LogP contribution in [0, 0.1) is 6.92 Å². The maximum absolute atomic E-state index is 9.29. The van der Waals surface area contributed by atoms with Crippen LogP contribution < -0.4 is 0 Å². The summed E-state index contributed by atoms with van der Waals surface area (Å²) in [6.07, 6.45) is 3.47. The third-order valence-corrected chi connectivity index (χ3v) is 2.29. The van der Waals surface area contributed by atoms with Crippen LogP contribution in [-0.4, -0.2) is 5.11 Å². The lowest BCUT2D eigenvalue weighted by Crippen LogP contribution is -2.02. The van der Waals surface area contributed by atoms with Gasteiger partial charge in [-0.15, -0.1) is 0 Å². The first-order valence-electron chi connectivity index (χ1n) is 4.22. The quantitative estimate of drug-likeness (QED) is 0.618. The van der Waals surface area contributed by atoms with Crippen LogP contribution in [0.1, 0.15) is 16.7 Å². The number of hydrogen-bond donors (Lipinski definition) is 1. The van der Waals surface area contributed by atoms with Gasteiger partial charge in [-0.25, -0.2) is 0 Å². The minimum Gasteiger partial charge on any atom is -0.512 e. The monoisotopic (exact) mass is 160 g/mol. The van der Waals surface area contributed by atoms with E-state index in [2.05, 4.69) is 25.1 Å². The van der Waals surface area contributed by atoms with E-state index in [1.165, 1.54) is 16.7 Å². The second kappa shape index (κ2) is 2.67. The number of benzene rings is 1. The fourth-order valence-corrected chi connectivity index (χ4v) is 1.61. The highest BCUT2D eigenvalue weighted by Gasteiger charge is 2.08. The van der Waals surface area contributed by atoms with E-state index in [4.69, 9.17) is 0 Å². The molecule has 0 spiro atoms. The summed E-state index contributed by atoms with van der Waals surface area (Å²) in [6.45, 7) is 2.10. The number of aliphatic hydroxyl groups excluding tert-OH is 1. The zero-order chi connectivity index (χ0) is 8.55. The van der Waals surface area contributed by atoms with Crippen LogP contribution in [0.5, 0.6) is 0 Å². The third-order valence-electron chi connectivity index (χ3n) is 2.29. The van der Waals surface area contributed by atoms with Crippen LogP contribution in [0.3, 0.4) is 0 Å². The summed E-state index contributed by atoms with van der Waals surface area (Å²) in [5.41, 5.74) is 3.91. The highest BCUT2D eigenvalue weighted by atomic mass is 16.3. The summed E-state index contributed by atoms with van der Waals surface area (Å²) in [5.74, 6) is 0.506. The van der Waals surface area contributed by atoms with E-state index in [1.807, 2.05) is 6.08 Å². The Bertz CT molecular complexity index is 337. The molecule has 0 aliphatic heterocycles. The van der Waals surface area contributed by atoms with Gasteiger partial charge >= 0.3 is 0 Å². The highest BCUT2D eigenvalue weighted by molar-refractivity contribution is 5.37. The molecule has 1 aliphatic rings. The summed E-state index contributed by atoms with van der Waals surface area (Å²) in [6, 6.07) is 6.39. The summed E-state index contributed by atoms with van der Waals surface area (Å²) >= 11 is 0. The van der Waals surface area contributed by atoms with Gasteiger partial charge in [-0.1, -0.05) is 23.8 Å². The van der Waals surface area contributed by atoms with E-state index >= 15 is 0 Å². The molecule has 0 atom stereocenters. The normalized spacial score (nSPS) is 15.2. The van der Waals surface area contributed by atoms with Crippen molar-refractivity contribution in [3.05, 3.63) is 46.7 Å². The molecular weight excluding hydrogens is 148 g/mol. The van der Waals surface area contributed by atoms with Crippen molar-refractivity contribution in [2.75, 3.05) is 0 Å². The maximum atomic E-state index is 9.29. The van der Waals surface area contributed by atoms with E-state index < -0.39 is 0 Å². The van der Waals surface area contributed by atoms with E-state index in [-0.39, 0.29) is 0 Å². The van der Waals surface area contributed by atoms with Crippen molar-refractivity contribution < 1.29 is 5.11 Å². The van der Waals surface area contributed by atoms with Crippen molar-refractivity contribution in [1.82, 2.24) is 0 Å². The first-order chi connectivity index (χ1) is 5.75. The zero-order valence-electron chi connectivity index (χ0n) is 7.17. The third kappa shape index (κ3) is 1.22. The molecule has 1 aliphatic carbocycles. The zero-order valence-corrected chi connectivity index (χ0v) is 7.17. The number of aryl methyl sites for hydroxylation is 1. The minimum absolute atomic E-state index is 0.506. The average Bonchev–Trinajstić information content (AvgIpc) is 2.05. The van der Waals surface area contributed by atoms with Gasteiger partial charge in [0, 0.05) is 6.42 Å². The van der Waals surface area contributed by atoms with Gasteiger partial charge in [0.25, 0.3) is 0 Å². The molecule has 0 fully saturated rings. The van der Waals surface area contributed by atoms with Crippen molar-refractivity contribution in [2.45, 2.75) is 19.8 Å². The molecule has 0 aromatic heterocycles. The van der Waals surface area contributed by atoms with E-state index in [0.717, 1.165) is 6.42 Å². The molecule has 1 heteroatoms. The van der Waals surface area contributed by atoms with Gasteiger partial charge in [-0.05, 0) is 30.5 Å². The first kappa shape index (κ1) is 7.41. The molecule has 0 bridgehead atoms. The molecule has 0 saturated heterocycles. The summed E-state index contributed by atoms with van der Waals surface area (Å²) in [5, 5.41) is 9.29. The summed E-state index contributed by atoms with van der Waals surface area (Å²) in [4.78, 5) is 0.